The Morgan fingerprint density at radius 2 is 1.79 bits per heavy atom. The molecule has 4 heteroatoms. The second-order valence-electron chi connectivity index (χ2n) is 3.04. The average molecular weight is 230 g/mol. The molecule has 0 aromatic heterocycles. The molecular formula is C10H9Cl2NO. The Labute approximate surface area is 93.0 Å². The average Bonchev–Trinajstić information content (AvgIpc) is 2.01. The second kappa shape index (κ2) is 4.54. The van der Waals surface area contributed by atoms with Gasteiger partial charge < -0.3 is 4.74 Å². The molecule has 0 aliphatic rings. The molecule has 74 valence electrons. The van der Waals surface area contributed by atoms with Gasteiger partial charge in [-0.15, -0.1) is 0 Å². The molecule has 14 heavy (non-hydrogen) atoms. The Morgan fingerprint density at radius 3 is 2.14 bits per heavy atom. The lowest BCUT2D eigenvalue weighted by Gasteiger charge is -2.10. The molecule has 0 radical (unpaired) electrons. The van der Waals surface area contributed by atoms with Crippen LogP contribution in [0.15, 0.2) is 12.1 Å². The summed E-state index contributed by atoms with van der Waals surface area (Å²) in [6.07, 6.45) is 0.0510. The minimum Gasteiger partial charge on any atom is -0.491 e. The van der Waals surface area contributed by atoms with E-state index in [0.29, 0.717) is 15.8 Å². The first-order valence-electron chi connectivity index (χ1n) is 4.10. The van der Waals surface area contributed by atoms with Crippen LogP contribution in [0.3, 0.4) is 0 Å². The fourth-order valence-electron chi connectivity index (χ4n) is 0.997. The molecule has 0 N–H and O–H groups in total. The lowest BCUT2D eigenvalue weighted by Crippen LogP contribution is -2.05. The summed E-state index contributed by atoms with van der Waals surface area (Å²) in [6, 6.07) is 5.10. The zero-order chi connectivity index (χ0) is 10.7. The Morgan fingerprint density at radius 1 is 1.29 bits per heavy atom. The van der Waals surface area contributed by atoms with E-state index in [1.54, 1.807) is 12.1 Å². The summed E-state index contributed by atoms with van der Waals surface area (Å²) in [7, 11) is 0. The van der Waals surface area contributed by atoms with Gasteiger partial charge in [0.1, 0.15) is 11.8 Å². The number of nitriles is 1. The predicted molar refractivity (Wildman–Crippen MR) is 56.9 cm³/mol. The van der Waals surface area contributed by atoms with E-state index in [1.165, 1.54) is 0 Å². The molecule has 2 nitrogen and oxygen atoms in total. The van der Waals surface area contributed by atoms with Crippen molar-refractivity contribution in [1.29, 1.82) is 5.26 Å². The van der Waals surface area contributed by atoms with Crippen molar-refractivity contribution in [2.24, 2.45) is 0 Å². The monoisotopic (exact) mass is 229 g/mol. The molecule has 0 fully saturated rings. The number of nitrogens with zero attached hydrogens (tertiary/aromatic N) is 1. The zero-order valence-corrected chi connectivity index (χ0v) is 9.36. The maximum atomic E-state index is 8.71. The molecule has 0 atom stereocenters. The second-order valence-corrected chi connectivity index (χ2v) is 3.85. The third kappa shape index (κ3) is 2.54. The van der Waals surface area contributed by atoms with E-state index >= 15 is 0 Å². The molecule has 0 saturated heterocycles. The number of ether oxygens (including phenoxy) is 1. The van der Waals surface area contributed by atoms with Crippen LogP contribution in [0.1, 0.15) is 19.4 Å². The summed E-state index contributed by atoms with van der Waals surface area (Å²) in [6.45, 7) is 3.81. The van der Waals surface area contributed by atoms with Crippen molar-refractivity contribution in [3.05, 3.63) is 27.7 Å². The highest BCUT2D eigenvalue weighted by atomic mass is 35.5. The van der Waals surface area contributed by atoms with Crippen molar-refractivity contribution >= 4 is 23.2 Å². The normalized spacial score (nSPS) is 10.0. The number of halogens is 2. The maximum Gasteiger partial charge on any atom is 0.122 e. The maximum absolute atomic E-state index is 8.71. The van der Waals surface area contributed by atoms with Gasteiger partial charge in [0.05, 0.1) is 21.7 Å². The van der Waals surface area contributed by atoms with Crippen LogP contribution >= 0.6 is 23.2 Å². The first kappa shape index (κ1) is 11.2. The first-order chi connectivity index (χ1) is 6.54. The van der Waals surface area contributed by atoms with E-state index in [-0.39, 0.29) is 11.7 Å². The highest BCUT2D eigenvalue weighted by molar-refractivity contribution is 6.36. The summed E-state index contributed by atoms with van der Waals surface area (Å²) in [4.78, 5) is 0. The summed E-state index contributed by atoms with van der Waals surface area (Å²) >= 11 is 11.7. The molecule has 0 heterocycles. The van der Waals surface area contributed by atoms with Crippen LogP contribution in [0.25, 0.3) is 0 Å². The topological polar surface area (TPSA) is 33.0 Å². The Kier molecular flexibility index (Phi) is 3.62. The Balaban J connectivity index is 3.09. The van der Waals surface area contributed by atoms with Crippen LogP contribution < -0.4 is 4.74 Å². The van der Waals surface area contributed by atoms with Crippen LogP contribution in [0.4, 0.5) is 0 Å². The molecule has 1 aromatic carbocycles. The first-order valence-corrected chi connectivity index (χ1v) is 4.86. The van der Waals surface area contributed by atoms with Gasteiger partial charge in [0, 0.05) is 12.1 Å². The van der Waals surface area contributed by atoms with Gasteiger partial charge in [-0.1, -0.05) is 23.2 Å². The summed E-state index contributed by atoms with van der Waals surface area (Å²) in [5.41, 5.74) is 0.282. The third-order valence-corrected chi connectivity index (χ3v) is 2.10. The lowest BCUT2D eigenvalue weighted by molar-refractivity contribution is 0.242. The van der Waals surface area contributed by atoms with Gasteiger partial charge in [-0.25, -0.2) is 0 Å². The van der Waals surface area contributed by atoms with E-state index in [2.05, 4.69) is 0 Å². The van der Waals surface area contributed by atoms with Crippen LogP contribution in [-0.4, -0.2) is 6.10 Å². The number of rotatable bonds is 2. The van der Waals surface area contributed by atoms with Crippen LogP contribution in [0, 0.1) is 11.3 Å². The molecule has 0 aliphatic carbocycles. The summed E-state index contributed by atoms with van der Waals surface area (Å²) in [5.74, 6) is 0.578. The lowest BCUT2D eigenvalue weighted by atomic mass is 10.2. The summed E-state index contributed by atoms with van der Waals surface area (Å²) in [5, 5.41) is 9.34. The van der Waals surface area contributed by atoms with Gasteiger partial charge in [0.2, 0.25) is 0 Å². The van der Waals surface area contributed by atoms with Crippen molar-refractivity contribution in [2.45, 2.75) is 20.0 Å². The highest BCUT2D eigenvalue weighted by Crippen LogP contribution is 2.29. The van der Waals surface area contributed by atoms with E-state index in [1.807, 2.05) is 19.9 Å². The number of hydrogen-bond acceptors (Lipinski definition) is 2. The zero-order valence-electron chi connectivity index (χ0n) is 7.84. The van der Waals surface area contributed by atoms with Crippen molar-refractivity contribution in [3.8, 4) is 11.8 Å². The van der Waals surface area contributed by atoms with Crippen molar-refractivity contribution in [3.63, 3.8) is 0 Å². The standard InChI is InChI=1S/C10H9Cl2NO/c1-6(2)14-7-3-9(11)8(5-13)10(12)4-7/h3-4,6H,1-2H3. The van der Waals surface area contributed by atoms with E-state index in [9.17, 15) is 0 Å². The minimum absolute atomic E-state index is 0.0510. The third-order valence-electron chi connectivity index (χ3n) is 1.50. The van der Waals surface area contributed by atoms with E-state index in [0.717, 1.165) is 0 Å². The van der Waals surface area contributed by atoms with E-state index in [4.69, 9.17) is 33.2 Å². The minimum atomic E-state index is 0.0510. The predicted octanol–water partition coefficient (Wildman–Crippen LogP) is 3.65. The Hall–Kier alpha value is -0.910. The largest absolute Gasteiger partial charge is 0.491 e. The quantitative estimate of drug-likeness (QED) is 0.776. The highest BCUT2D eigenvalue weighted by Gasteiger charge is 2.08. The van der Waals surface area contributed by atoms with Crippen LogP contribution in [-0.2, 0) is 0 Å². The SMILES string of the molecule is CC(C)Oc1cc(Cl)c(C#N)c(Cl)c1. The smallest absolute Gasteiger partial charge is 0.122 e. The van der Waals surface area contributed by atoms with E-state index < -0.39 is 0 Å². The molecule has 0 bridgehead atoms. The molecule has 1 rings (SSSR count). The van der Waals surface area contributed by atoms with Gasteiger partial charge in [-0.3, -0.25) is 0 Å². The van der Waals surface area contributed by atoms with Gasteiger partial charge in [0.15, 0.2) is 0 Å². The molecule has 0 amide bonds. The number of hydrogen-bond donors (Lipinski definition) is 0. The van der Waals surface area contributed by atoms with Crippen molar-refractivity contribution < 1.29 is 4.74 Å². The van der Waals surface area contributed by atoms with Crippen LogP contribution in [0.2, 0.25) is 10.0 Å². The van der Waals surface area contributed by atoms with Crippen molar-refractivity contribution in [1.82, 2.24) is 0 Å². The molecule has 0 saturated carbocycles. The Bertz CT molecular complexity index is 359. The molecule has 0 unspecified atom stereocenters. The van der Waals surface area contributed by atoms with Gasteiger partial charge in [0.25, 0.3) is 0 Å². The number of benzene rings is 1. The van der Waals surface area contributed by atoms with Gasteiger partial charge in [-0.2, -0.15) is 5.26 Å². The van der Waals surface area contributed by atoms with Crippen molar-refractivity contribution in [2.75, 3.05) is 0 Å². The molecule has 1 aromatic rings. The molecule has 0 spiro atoms. The van der Waals surface area contributed by atoms with Gasteiger partial charge >= 0.3 is 0 Å². The molecular weight excluding hydrogens is 221 g/mol. The van der Waals surface area contributed by atoms with Gasteiger partial charge in [-0.05, 0) is 13.8 Å². The fraction of sp³-hybridized carbons (Fsp3) is 0.300. The summed E-state index contributed by atoms with van der Waals surface area (Å²) < 4.78 is 5.40. The van der Waals surface area contributed by atoms with Crippen LogP contribution in [0.5, 0.6) is 5.75 Å². The molecule has 0 aliphatic heterocycles. The fourth-order valence-corrected chi connectivity index (χ4v) is 1.55.